The number of aliphatic carboxylic acids is 1. The maximum atomic E-state index is 11.7. The lowest BCUT2D eigenvalue weighted by Crippen LogP contribution is -2.63. The zero-order valence-electron chi connectivity index (χ0n) is 25.7. The highest BCUT2D eigenvalue weighted by Gasteiger charge is 2.39. The van der Waals surface area contributed by atoms with Gasteiger partial charge in [0.2, 0.25) is 0 Å². The SMILES string of the molecule is C[C@@H]1N[C@H](C[C@H](O)[C@@H]2CCCCCC[C@@](O)(CC(=O)O)CN[C@]3(C)C[C@@H](Cc4cccc(c4)C2)N[C@H](N)C3)CC[C@H]1O. The van der Waals surface area contributed by atoms with Gasteiger partial charge in [-0.3, -0.25) is 10.1 Å². The Morgan fingerprint density at radius 1 is 1.07 bits per heavy atom. The lowest BCUT2D eigenvalue weighted by Gasteiger charge is -2.44. The predicted octanol–water partition coefficient (Wildman–Crippen LogP) is 2.59. The number of nitrogens with one attached hydrogen (secondary N) is 3. The number of rotatable bonds is 5. The van der Waals surface area contributed by atoms with E-state index in [9.17, 15) is 25.2 Å². The minimum atomic E-state index is -1.31. The van der Waals surface area contributed by atoms with E-state index in [2.05, 4.69) is 47.1 Å². The van der Waals surface area contributed by atoms with Crippen molar-refractivity contribution in [2.24, 2.45) is 11.7 Å². The van der Waals surface area contributed by atoms with Gasteiger partial charge in [-0.2, -0.15) is 0 Å². The summed E-state index contributed by atoms with van der Waals surface area (Å²) < 4.78 is 0. The molecule has 238 valence electrons. The molecule has 0 saturated carbocycles. The van der Waals surface area contributed by atoms with Crippen molar-refractivity contribution in [3.05, 3.63) is 35.4 Å². The Bertz CT molecular complexity index is 1010. The fraction of sp³-hybridized carbons (Fsp3) is 0.788. The highest BCUT2D eigenvalue weighted by Crippen LogP contribution is 2.30. The third-order valence-corrected chi connectivity index (χ3v) is 10.0. The van der Waals surface area contributed by atoms with Gasteiger partial charge in [0, 0.05) is 30.2 Å². The van der Waals surface area contributed by atoms with Crippen LogP contribution in [0.3, 0.4) is 0 Å². The number of nitrogens with two attached hydrogens (primary N) is 1. The van der Waals surface area contributed by atoms with E-state index in [0.717, 1.165) is 64.2 Å². The number of β-amino-alcohol motifs (C(OH)–C–C–N with tert-alkyl or cyclic N) is 1. The highest BCUT2D eigenvalue weighted by atomic mass is 16.4. The summed E-state index contributed by atoms with van der Waals surface area (Å²) in [4.78, 5) is 11.7. The van der Waals surface area contributed by atoms with Gasteiger partial charge < -0.3 is 36.8 Å². The molecule has 0 aromatic heterocycles. The third kappa shape index (κ3) is 9.97. The van der Waals surface area contributed by atoms with Crippen LogP contribution in [-0.2, 0) is 17.6 Å². The Hall–Kier alpha value is -1.59. The second-order valence-electron chi connectivity index (χ2n) is 14.1. The van der Waals surface area contributed by atoms with Crippen LogP contribution in [0.5, 0.6) is 0 Å². The molecule has 42 heavy (non-hydrogen) atoms. The van der Waals surface area contributed by atoms with Gasteiger partial charge in [-0.15, -0.1) is 0 Å². The van der Waals surface area contributed by atoms with Crippen molar-refractivity contribution in [1.82, 2.24) is 16.0 Å². The van der Waals surface area contributed by atoms with Gasteiger partial charge in [0.25, 0.3) is 0 Å². The third-order valence-electron chi connectivity index (χ3n) is 10.0. The van der Waals surface area contributed by atoms with Crippen LogP contribution in [0.1, 0.15) is 102 Å². The monoisotopic (exact) mass is 588 g/mol. The molecule has 1 aromatic rings. The molecule has 9 heteroatoms. The summed E-state index contributed by atoms with van der Waals surface area (Å²) in [6.45, 7) is 4.37. The van der Waals surface area contributed by atoms with Crippen molar-refractivity contribution in [2.75, 3.05) is 6.54 Å². The average Bonchev–Trinajstić information content (AvgIpc) is 2.90. The molecule has 4 bridgehead atoms. The number of aliphatic hydroxyl groups excluding tert-OH is 2. The van der Waals surface area contributed by atoms with Gasteiger partial charge in [0.05, 0.1) is 30.4 Å². The molecule has 4 rings (SSSR count). The number of piperidine rings is 2. The quantitative estimate of drug-likeness (QED) is 0.259. The van der Waals surface area contributed by atoms with Crippen LogP contribution in [0, 0.1) is 5.92 Å². The number of hydrogen-bond donors (Lipinski definition) is 8. The Balaban J connectivity index is 1.51. The molecule has 0 aliphatic carbocycles. The Kier molecular flexibility index (Phi) is 11.8. The smallest absolute Gasteiger partial charge is 0.306 e. The van der Waals surface area contributed by atoms with E-state index >= 15 is 0 Å². The molecular weight excluding hydrogens is 532 g/mol. The van der Waals surface area contributed by atoms with Crippen molar-refractivity contribution in [3.8, 4) is 0 Å². The summed E-state index contributed by atoms with van der Waals surface area (Å²) in [7, 11) is 0. The molecule has 3 heterocycles. The highest BCUT2D eigenvalue weighted by molar-refractivity contribution is 5.68. The molecule has 2 fully saturated rings. The van der Waals surface area contributed by atoms with E-state index in [4.69, 9.17) is 5.73 Å². The van der Waals surface area contributed by atoms with Crippen LogP contribution in [-0.4, -0.2) is 80.6 Å². The average molecular weight is 589 g/mol. The second kappa shape index (κ2) is 14.9. The number of benzene rings is 1. The number of aliphatic hydroxyl groups is 3. The number of carbonyl (C=O) groups is 1. The first-order valence-corrected chi connectivity index (χ1v) is 16.3. The standard InChI is InChI=1S/C33H56N4O5/c1-22-28(38)12-11-26(36-22)17-29(39)25-10-5-3-4-6-13-33(42,20-31(40)41)21-35-32(2)18-27(37-30(34)19-32)16-24-9-7-8-23(14-24)15-25/h7-9,14,22,25-30,35-39,42H,3-6,10-13,15-21,34H2,1-2H3,(H,40,41)/t22-,25+,26-,27+,28+,29-,30-,32+,33+/m0/s1. The maximum Gasteiger partial charge on any atom is 0.306 e. The molecule has 0 amide bonds. The summed E-state index contributed by atoms with van der Waals surface area (Å²) in [5, 5.41) is 53.1. The molecule has 0 radical (unpaired) electrons. The molecule has 2 saturated heterocycles. The molecular formula is C33H56N4O5. The van der Waals surface area contributed by atoms with Crippen LogP contribution in [0.4, 0.5) is 0 Å². The van der Waals surface area contributed by atoms with E-state index in [1.165, 1.54) is 11.1 Å². The number of hydrogen-bond acceptors (Lipinski definition) is 8. The van der Waals surface area contributed by atoms with Crippen molar-refractivity contribution < 1.29 is 25.2 Å². The summed E-state index contributed by atoms with van der Waals surface area (Å²) >= 11 is 0. The Morgan fingerprint density at radius 2 is 1.81 bits per heavy atom. The van der Waals surface area contributed by atoms with E-state index in [-0.39, 0.29) is 54.8 Å². The first-order chi connectivity index (χ1) is 19.9. The fourth-order valence-electron chi connectivity index (χ4n) is 7.68. The summed E-state index contributed by atoms with van der Waals surface area (Å²) in [6.07, 6.45) is 9.18. The Labute approximate surface area is 252 Å². The van der Waals surface area contributed by atoms with Crippen LogP contribution >= 0.6 is 0 Å². The van der Waals surface area contributed by atoms with Crippen molar-refractivity contribution in [1.29, 1.82) is 0 Å². The van der Waals surface area contributed by atoms with E-state index in [1.807, 2.05) is 6.92 Å². The van der Waals surface area contributed by atoms with Crippen LogP contribution in [0.2, 0.25) is 0 Å². The molecule has 9 nitrogen and oxygen atoms in total. The molecule has 0 unspecified atom stereocenters. The first-order valence-electron chi connectivity index (χ1n) is 16.3. The van der Waals surface area contributed by atoms with Crippen LogP contribution in [0.15, 0.2) is 24.3 Å². The summed E-state index contributed by atoms with van der Waals surface area (Å²) in [6, 6.07) is 9.11. The zero-order valence-corrected chi connectivity index (χ0v) is 25.7. The maximum absolute atomic E-state index is 11.7. The minimum absolute atomic E-state index is 0.0382. The fourth-order valence-corrected chi connectivity index (χ4v) is 7.68. The molecule has 9 N–H and O–H groups in total. The van der Waals surface area contributed by atoms with Gasteiger partial charge in [0.1, 0.15) is 0 Å². The summed E-state index contributed by atoms with van der Waals surface area (Å²) in [5.74, 6) is -0.861. The van der Waals surface area contributed by atoms with Gasteiger partial charge in [0.15, 0.2) is 0 Å². The number of fused-ring (bicyclic) bond motifs is 4. The summed E-state index contributed by atoms with van der Waals surface area (Å²) in [5.41, 5.74) is 7.30. The minimum Gasteiger partial charge on any atom is -0.481 e. The van der Waals surface area contributed by atoms with Gasteiger partial charge >= 0.3 is 5.97 Å². The molecule has 1 aromatic carbocycles. The van der Waals surface area contributed by atoms with Crippen LogP contribution < -0.4 is 21.7 Å². The lowest BCUT2D eigenvalue weighted by atomic mass is 9.80. The van der Waals surface area contributed by atoms with E-state index in [1.54, 1.807) is 0 Å². The van der Waals surface area contributed by atoms with Crippen LogP contribution in [0.25, 0.3) is 0 Å². The molecule has 3 aliphatic heterocycles. The topological polar surface area (TPSA) is 160 Å². The van der Waals surface area contributed by atoms with Crippen molar-refractivity contribution in [2.45, 2.75) is 151 Å². The van der Waals surface area contributed by atoms with E-state index in [0.29, 0.717) is 19.3 Å². The largest absolute Gasteiger partial charge is 0.481 e. The second-order valence-corrected chi connectivity index (χ2v) is 14.1. The molecule has 9 atom stereocenters. The Morgan fingerprint density at radius 3 is 2.55 bits per heavy atom. The molecule has 0 spiro atoms. The lowest BCUT2D eigenvalue weighted by molar-refractivity contribution is -0.143. The van der Waals surface area contributed by atoms with Gasteiger partial charge in [-0.25, -0.2) is 0 Å². The first kappa shape index (κ1) is 33.3. The van der Waals surface area contributed by atoms with Crippen molar-refractivity contribution >= 4 is 5.97 Å². The number of carboxylic acids is 1. The normalized spacial score (nSPS) is 38.1. The molecule has 3 aliphatic rings. The van der Waals surface area contributed by atoms with Gasteiger partial charge in [-0.1, -0.05) is 49.9 Å². The zero-order chi connectivity index (χ0) is 30.3. The van der Waals surface area contributed by atoms with Crippen molar-refractivity contribution in [3.63, 3.8) is 0 Å². The van der Waals surface area contributed by atoms with Gasteiger partial charge in [-0.05, 0) is 88.7 Å². The number of carboxylic acid groups (broad SMARTS) is 1. The van der Waals surface area contributed by atoms with E-state index < -0.39 is 17.7 Å². The predicted molar refractivity (Wildman–Crippen MR) is 165 cm³/mol.